The Bertz CT molecular complexity index is 485. The summed E-state index contributed by atoms with van der Waals surface area (Å²) in [5.41, 5.74) is -0.629. The molecule has 0 radical (unpaired) electrons. The second-order valence-corrected chi connectivity index (χ2v) is 6.86. The van der Waals surface area contributed by atoms with Gasteiger partial charge in [0.1, 0.15) is 5.75 Å². The molecule has 0 bridgehead atoms. The molecule has 1 aliphatic heterocycles. The van der Waals surface area contributed by atoms with Gasteiger partial charge in [0.2, 0.25) is 0 Å². The van der Waals surface area contributed by atoms with Crippen LogP contribution >= 0.6 is 11.8 Å². The van der Waals surface area contributed by atoms with Crippen molar-refractivity contribution >= 4 is 11.8 Å². The lowest BCUT2D eigenvalue weighted by Gasteiger charge is -2.21. The van der Waals surface area contributed by atoms with E-state index in [0.717, 1.165) is 25.3 Å². The van der Waals surface area contributed by atoms with Crippen LogP contribution in [0.4, 0.5) is 13.2 Å². The first-order valence-corrected chi connectivity index (χ1v) is 8.45. The summed E-state index contributed by atoms with van der Waals surface area (Å²) in [6.07, 6.45) is -1.45. The third-order valence-corrected chi connectivity index (χ3v) is 4.74. The lowest BCUT2D eigenvalue weighted by molar-refractivity contribution is -0.140. The van der Waals surface area contributed by atoms with Gasteiger partial charge >= 0.3 is 6.18 Å². The van der Waals surface area contributed by atoms with E-state index in [2.05, 4.69) is 0 Å². The van der Waals surface area contributed by atoms with Crippen molar-refractivity contribution in [2.45, 2.75) is 62.1 Å². The standard InChI is InChI=1S/C16H21F3O2S/c1-3-6-11(2)22-15-12(16(17,18)19)7-4-8-13(15)21-14-9-5-10-20-14/h4,7-8,11,14H,3,5-6,9-10H2,1-2H3. The van der Waals surface area contributed by atoms with E-state index in [1.165, 1.54) is 17.8 Å². The Balaban J connectivity index is 2.29. The summed E-state index contributed by atoms with van der Waals surface area (Å²) >= 11 is 1.23. The van der Waals surface area contributed by atoms with Gasteiger partial charge in [0.25, 0.3) is 0 Å². The Morgan fingerprint density at radius 3 is 2.77 bits per heavy atom. The van der Waals surface area contributed by atoms with E-state index >= 15 is 0 Å². The van der Waals surface area contributed by atoms with Crippen LogP contribution in [0.25, 0.3) is 0 Å². The molecule has 1 fully saturated rings. The molecule has 1 aromatic carbocycles. The van der Waals surface area contributed by atoms with E-state index < -0.39 is 18.0 Å². The molecule has 124 valence electrons. The highest BCUT2D eigenvalue weighted by molar-refractivity contribution is 8.00. The number of benzene rings is 1. The number of alkyl halides is 3. The van der Waals surface area contributed by atoms with Crippen LogP contribution in [0.5, 0.6) is 5.75 Å². The number of halogens is 3. The lowest BCUT2D eigenvalue weighted by atomic mass is 10.2. The second kappa shape index (κ2) is 7.59. The average Bonchev–Trinajstić information content (AvgIpc) is 2.92. The first-order chi connectivity index (χ1) is 10.4. The number of rotatable bonds is 6. The maximum atomic E-state index is 13.3. The van der Waals surface area contributed by atoms with Crippen molar-refractivity contribution in [3.05, 3.63) is 23.8 Å². The Morgan fingerprint density at radius 1 is 1.41 bits per heavy atom. The lowest BCUT2D eigenvalue weighted by Crippen LogP contribution is -2.16. The van der Waals surface area contributed by atoms with Crippen molar-refractivity contribution in [2.75, 3.05) is 6.61 Å². The maximum Gasteiger partial charge on any atom is 0.417 e. The third-order valence-electron chi connectivity index (χ3n) is 3.44. The van der Waals surface area contributed by atoms with Gasteiger partial charge in [-0.1, -0.05) is 26.3 Å². The minimum absolute atomic E-state index is 0.0975. The van der Waals surface area contributed by atoms with Gasteiger partial charge in [-0.2, -0.15) is 13.2 Å². The summed E-state index contributed by atoms with van der Waals surface area (Å²) in [5, 5.41) is 0.0975. The number of ether oxygens (including phenoxy) is 2. The SMILES string of the molecule is CCCC(C)Sc1c(OC2CCCO2)cccc1C(F)(F)F. The van der Waals surface area contributed by atoms with Crippen molar-refractivity contribution in [2.24, 2.45) is 0 Å². The molecule has 1 saturated heterocycles. The highest BCUT2D eigenvalue weighted by Crippen LogP contribution is 2.44. The van der Waals surface area contributed by atoms with Crippen LogP contribution in [0.15, 0.2) is 23.1 Å². The molecule has 2 rings (SSSR count). The summed E-state index contributed by atoms with van der Waals surface area (Å²) < 4.78 is 50.9. The van der Waals surface area contributed by atoms with Crippen LogP contribution in [0.3, 0.4) is 0 Å². The molecule has 0 saturated carbocycles. The van der Waals surface area contributed by atoms with Crippen LogP contribution in [-0.4, -0.2) is 18.1 Å². The van der Waals surface area contributed by atoms with Gasteiger partial charge in [-0.05, 0) is 25.0 Å². The summed E-state index contributed by atoms with van der Waals surface area (Å²) in [5.74, 6) is 0.273. The Hall–Kier alpha value is -0.880. The molecule has 1 aliphatic rings. The minimum Gasteiger partial charge on any atom is -0.464 e. The number of thioether (sulfide) groups is 1. The molecule has 2 unspecified atom stereocenters. The van der Waals surface area contributed by atoms with Crippen molar-refractivity contribution < 1.29 is 22.6 Å². The first-order valence-electron chi connectivity index (χ1n) is 7.57. The quantitative estimate of drug-likeness (QED) is 0.640. The molecule has 0 N–H and O–H groups in total. The van der Waals surface area contributed by atoms with E-state index in [9.17, 15) is 13.2 Å². The number of hydrogen-bond acceptors (Lipinski definition) is 3. The molecule has 6 heteroatoms. The molecule has 0 aromatic heterocycles. The summed E-state index contributed by atoms with van der Waals surface area (Å²) in [6, 6.07) is 4.10. The highest BCUT2D eigenvalue weighted by atomic mass is 32.2. The first kappa shape index (κ1) is 17.5. The maximum absolute atomic E-state index is 13.3. The highest BCUT2D eigenvalue weighted by Gasteiger charge is 2.35. The van der Waals surface area contributed by atoms with Gasteiger partial charge in [0.15, 0.2) is 6.29 Å². The zero-order valence-corrected chi connectivity index (χ0v) is 13.6. The van der Waals surface area contributed by atoms with Gasteiger partial charge in [0, 0.05) is 11.7 Å². The van der Waals surface area contributed by atoms with Crippen LogP contribution < -0.4 is 4.74 Å². The third kappa shape index (κ3) is 4.56. The fraction of sp³-hybridized carbons (Fsp3) is 0.625. The average molecular weight is 334 g/mol. The largest absolute Gasteiger partial charge is 0.464 e. The van der Waals surface area contributed by atoms with Gasteiger partial charge < -0.3 is 9.47 Å². The van der Waals surface area contributed by atoms with E-state index in [-0.39, 0.29) is 15.9 Å². The van der Waals surface area contributed by atoms with E-state index in [0.29, 0.717) is 13.0 Å². The van der Waals surface area contributed by atoms with Crippen molar-refractivity contribution in [1.82, 2.24) is 0 Å². The second-order valence-electron chi connectivity index (χ2n) is 5.41. The van der Waals surface area contributed by atoms with E-state index in [1.54, 1.807) is 6.07 Å². The van der Waals surface area contributed by atoms with Crippen LogP contribution in [-0.2, 0) is 10.9 Å². The fourth-order valence-corrected chi connectivity index (χ4v) is 3.70. The van der Waals surface area contributed by atoms with E-state index in [4.69, 9.17) is 9.47 Å². The van der Waals surface area contributed by atoms with Crippen molar-refractivity contribution in [1.29, 1.82) is 0 Å². The Kier molecular flexibility index (Phi) is 6.03. The molecule has 1 aromatic rings. The Morgan fingerprint density at radius 2 is 2.18 bits per heavy atom. The smallest absolute Gasteiger partial charge is 0.417 e. The predicted molar refractivity (Wildman–Crippen MR) is 81.3 cm³/mol. The summed E-state index contributed by atoms with van der Waals surface area (Å²) in [7, 11) is 0. The normalized spacial score (nSPS) is 20.1. The molecule has 2 atom stereocenters. The van der Waals surface area contributed by atoms with Gasteiger partial charge in [-0.3, -0.25) is 0 Å². The fourth-order valence-electron chi connectivity index (χ4n) is 2.40. The molecule has 0 aliphatic carbocycles. The van der Waals surface area contributed by atoms with Gasteiger partial charge in [-0.25, -0.2) is 0 Å². The zero-order chi connectivity index (χ0) is 16.2. The summed E-state index contributed by atoms with van der Waals surface area (Å²) in [4.78, 5) is 0.173. The van der Waals surface area contributed by atoms with Crippen LogP contribution in [0.1, 0.15) is 45.1 Å². The van der Waals surface area contributed by atoms with Crippen molar-refractivity contribution in [3.63, 3.8) is 0 Å². The predicted octanol–water partition coefficient (Wildman–Crippen LogP) is 5.50. The zero-order valence-electron chi connectivity index (χ0n) is 12.8. The molecule has 0 amide bonds. The van der Waals surface area contributed by atoms with Crippen LogP contribution in [0, 0.1) is 0 Å². The molecular weight excluding hydrogens is 313 g/mol. The van der Waals surface area contributed by atoms with Crippen LogP contribution in [0.2, 0.25) is 0 Å². The molecule has 22 heavy (non-hydrogen) atoms. The molecule has 1 heterocycles. The Labute approximate surface area is 133 Å². The van der Waals surface area contributed by atoms with Gasteiger partial charge in [-0.15, -0.1) is 11.8 Å². The summed E-state index contributed by atoms with van der Waals surface area (Å²) in [6.45, 7) is 4.56. The van der Waals surface area contributed by atoms with E-state index in [1.807, 2.05) is 13.8 Å². The molecule has 2 nitrogen and oxygen atoms in total. The van der Waals surface area contributed by atoms with Gasteiger partial charge in [0.05, 0.1) is 17.1 Å². The molecule has 0 spiro atoms. The monoisotopic (exact) mass is 334 g/mol. The molecular formula is C16H21F3O2S. The minimum atomic E-state index is -4.38. The number of hydrogen-bond donors (Lipinski definition) is 0. The van der Waals surface area contributed by atoms with Crippen molar-refractivity contribution in [3.8, 4) is 5.75 Å². The topological polar surface area (TPSA) is 18.5 Å².